The molecule has 0 aliphatic carbocycles. The highest BCUT2D eigenvalue weighted by Crippen LogP contribution is 2.33. The van der Waals surface area contributed by atoms with E-state index < -0.39 is 6.10 Å². The molecule has 24 heavy (non-hydrogen) atoms. The molecule has 4 rings (SSSR count). The Kier molecular flexibility index (Phi) is 3.74. The molecule has 0 saturated heterocycles. The van der Waals surface area contributed by atoms with Gasteiger partial charge < -0.3 is 19.6 Å². The third-order valence-electron chi connectivity index (χ3n) is 3.86. The summed E-state index contributed by atoms with van der Waals surface area (Å²) in [6.07, 6.45) is 3.20. The van der Waals surface area contributed by atoms with E-state index in [2.05, 4.69) is 15.5 Å². The van der Waals surface area contributed by atoms with E-state index >= 15 is 0 Å². The van der Waals surface area contributed by atoms with Crippen LogP contribution in [0.2, 0.25) is 0 Å². The van der Waals surface area contributed by atoms with Crippen molar-refractivity contribution in [2.45, 2.75) is 19.1 Å². The highest BCUT2D eigenvalue weighted by atomic mass is 16.7. The molecule has 1 atom stereocenters. The lowest BCUT2D eigenvalue weighted by atomic mass is 10.0. The largest absolute Gasteiger partial charge is 0.454 e. The Labute approximate surface area is 138 Å². The van der Waals surface area contributed by atoms with E-state index in [1.54, 1.807) is 12.4 Å². The molecule has 1 amide bonds. The summed E-state index contributed by atoms with van der Waals surface area (Å²) in [7, 11) is 0. The van der Waals surface area contributed by atoms with Crippen LogP contribution in [-0.2, 0) is 16.2 Å². The van der Waals surface area contributed by atoms with Crippen molar-refractivity contribution >= 4 is 11.6 Å². The lowest BCUT2D eigenvalue weighted by Crippen LogP contribution is -2.34. The summed E-state index contributed by atoms with van der Waals surface area (Å²) >= 11 is 0. The van der Waals surface area contributed by atoms with Crippen molar-refractivity contribution in [1.29, 1.82) is 0 Å². The van der Waals surface area contributed by atoms with E-state index in [0.717, 1.165) is 16.8 Å². The number of carbonyl (C=O) groups excluding carboxylic acids is 1. The molecule has 1 N–H and O–H groups in total. The number of hydrogen-bond donors (Lipinski definition) is 1. The van der Waals surface area contributed by atoms with E-state index in [-0.39, 0.29) is 12.7 Å². The molecule has 0 radical (unpaired) electrons. The van der Waals surface area contributed by atoms with Gasteiger partial charge in [0.2, 0.25) is 12.9 Å². The van der Waals surface area contributed by atoms with Crippen molar-refractivity contribution in [2.75, 3.05) is 6.79 Å². The van der Waals surface area contributed by atoms with Crippen molar-refractivity contribution in [2.24, 2.45) is 5.16 Å². The third kappa shape index (κ3) is 2.88. The Morgan fingerprint density at radius 1 is 1.25 bits per heavy atom. The molecule has 0 saturated carbocycles. The number of ether oxygens (including phenoxy) is 2. The summed E-state index contributed by atoms with van der Waals surface area (Å²) in [6.45, 7) is 0.632. The van der Waals surface area contributed by atoms with Crippen LogP contribution in [0, 0.1) is 0 Å². The normalized spacial score (nSPS) is 18.0. The predicted molar refractivity (Wildman–Crippen MR) is 84.7 cm³/mol. The molecular formula is C17H15N3O4. The Hall–Kier alpha value is -3.09. The van der Waals surface area contributed by atoms with Crippen molar-refractivity contribution in [3.8, 4) is 11.5 Å². The van der Waals surface area contributed by atoms with E-state index in [0.29, 0.717) is 24.5 Å². The summed E-state index contributed by atoms with van der Waals surface area (Å²) in [5, 5.41) is 6.87. The molecule has 2 aromatic rings. The van der Waals surface area contributed by atoms with Crippen molar-refractivity contribution < 1.29 is 19.1 Å². The monoisotopic (exact) mass is 325 g/mol. The van der Waals surface area contributed by atoms with Gasteiger partial charge in [-0.15, -0.1) is 0 Å². The molecule has 1 aromatic carbocycles. The first-order valence-electron chi connectivity index (χ1n) is 7.59. The molecular weight excluding hydrogens is 310 g/mol. The smallest absolute Gasteiger partial charge is 0.264 e. The Morgan fingerprint density at radius 3 is 3.04 bits per heavy atom. The molecule has 3 heterocycles. The highest BCUT2D eigenvalue weighted by Gasteiger charge is 2.29. The van der Waals surface area contributed by atoms with Crippen LogP contribution >= 0.6 is 0 Å². The van der Waals surface area contributed by atoms with E-state index in [1.807, 2.05) is 30.3 Å². The molecule has 7 nitrogen and oxygen atoms in total. The number of pyridine rings is 1. The second kappa shape index (κ2) is 6.19. The maximum Gasteiger partial charge on any atom is 0.264 e. The van der Waals surface area contributed by atoms with Gasteiger partial charge in [0.1, 0.15) is 0 Å². The second-order valence-corrected chi connectivity index (χ2v) is 5.48. The minimum Gasteiger partial charge on any atom is -0.454 e. The maximum absolute atomic E-state index is 12.2. The van der Waals surface area contributed by atoms with Crippen LogP contribution in [0.4, 0.5) is 0 Å². The fourth-order valence-corrected chi connectivity index (χ4v) is 2.57. The van der Waals surface area contributed by atoms with Crippen LogP contribution in [0.25, 0.3) is 0 Å². The number of rotatable bonds is 4. The van der Waals surface area contributed by atoms with Crippen LogP contribution < -0.4 is 14.8 Å². The average molecular weight is 325 g/mol. The number of aromatic nitrogens is 1. The fraction of sp³-hybridized carbons (Fsp3) is 0.235. The predicted octanol–water partition coefficient (Wildman–Crippen LogP) is 1.62. The summed E-state index contributed by atoms with van der Waals surface area (Å²) in [5.41, 5.74) is 2.51. The van der Waals surface area contributed by atoms with Crippen molar-refractivity contribution in [3.05, 3.63) is 53.9 Å². The van der Waals surface area contributed by atoms with Gasteiger partial charge in [-0.05, 0) is 29.8 Å². The van der Waals surface area contributed by atoms with Crippen LogP contribution in [-0.4, -0.2) is 29.5 Å². The van der Waals surface area contributed by atoms with E-state index in [9.17, 15) is 4.79 Å². The summed E-state index contributed by atoms with van der Waals surface area (Å²) in [4.78, 5) is 21.5. The zero-order valence-electron chi connectivity index (χ0n) is 12.8. The Balaban J connectivity index is 1.36. The van der Waals surface area contributed by atoms with Crippen LogP contribution in [0.15, 0.2) is 47.9 Å². The molecule has 7 heteroatoms. The van der Waals surface area contributed by atoms with Gasteiger partial charge in [-0.2, -0.15) is 0 Å². The van der Waals surface area contributed by atoms with E-state index in [1.165, 1.54) is 0 Å². The first-order chi connectivity index (χ1) is 11.8. The third-order valence-corrected chi connectivity index (χ3v) is 3.86. The number of carbonyl (C=O) groups is 1. The first-order valence-corrected chi connectivity index (χ1v) is 7.59. The molecule has 1 unspecified atom stereocenters. The number of amides is 1. The van der Waals surface area contributed by atoms with Gasteiger partial charge in [0.25, 0.3) is 5.91 Å². The Morgan fingerprint density at radius 2 is 2.17 bits per heavy atom. The number of oxime groups is 1. The number of nitrogens with zero attached hydrogens (tertiary/aromatic N) is 2. The molecule has 2 aliphatic rings. The minimum absolute atomic E-state index is 0.196. The number of benzene rings is 1. The minimum atomic E-state index is -0.623. The quantitative estimate of drug-likeness (QED) is 0.924. The molecule has 1 aromatic heterocycles. The lowest BCUT2D eigenvalue weighted by Gasteiger charge is -2.09. The second-order valence-electron chi connectivity index (χ2n) is 5.48. The Bertz CT molecular complexity index is 792. The average Bonchev–Trinajstić information content (AvgIpc) is 3.29. The van der Waals surface area contributed by atoms with Crippen LogP contribution in [0.5, 0.6) is 11.5 Å². The van der Waals surface area contributed by atoms with Gasteiger partial charge in [-0.1, -0.05) is 11.2 Å². The van der Waals surface area contributed by atoms with Crippen molar-refractivity contribution in [1.82, 2.24) is 10.3 Å². The van der Waals surface area contributed by atoms with Gasteiger partial charge >= 0.3 is 0 Å². The summed E-state index contributed by atoms with van der Waals surface area (Å²) in [5.74, 6) is 1.20. The molecule has 122 valence electrons. The van der Waals surface area contributed by atoms with Gasteiger partial charge in [-0.25, -0.2) is 0 Å². The first kappa shape index (κ1) is 14.5. The van der Waals surface area contributed by atoms with Gasteiger partial charge in [0.05, 0.1) is 5.71 Å². The molecule has 0 bridgehead atoms. The number of nitrogens with one attached hydrogen (secondary N) is 1. The molecule has 0 spiro atoms. The zero-order chi connectivity index (χ0) is 16.4. The van der Waals surface area contributed by atoms with Crippen LogP contribution in [0.3, 0.4) is 0 Å². The topological polar surface area (TPSA) is 82.0 Å². The number of fused-ring (bicyclic) bond motifs is 1. The van der Waals surface area contributed by atoms with Gasteiger partial charge in [0, 0.05) is 30.9 Å². The van der Waals surface area contributed by atoms with Gasteiger partial charge in [0.15, 0.2) is 11.5 Å². The van der Waals surface area contributed by atoms with Gasteiger partial charge in [-0.3, -0.25) is 9.78 Å². The van der Waals surface area contributed by atoms with Crippen molar-refractivity contribution in [3.63, 3.8) is 0 Å². The zero-order valence-corrected chi connectivity index (χ0v) is 12.8. The van der Waals surface area contributed by atoms with Crippen LogP contribution in [0.1, 0.15) is 17.5 Å². The molecule has 2 aliphatic heterocycles. The molecule has 0 fully saturated rings. The van der Waals surface area contributed by atoms with E-state index in [4.69, 9.17) is 14.3 Å². The maximum atomic E-state index is 12.2. The lowest BCUT2D eigenvalue weighted by molar-refractivity contribution is -0.131. The fourth-order valence-electron chi connectivity index (χ4n) is 2.57. The number of hydrogen-bond acceptors (Lipinski definition) is 6. The standard InChI is InChI=1S/C17H15N3O4/c21-17(19-9-11-2-1-5-18-8-11)16-7-13(20-24-16)12-3-4-14-15(6-12)23-10-22-14/h1-6,8,16H,7,9-10H2,(H,19,21). The summed E-state index contributed by atoms with van der Waals surface area (Å²) < 4.78 is 10.6. The highest BCUT2D eigenvalue weighted by molar-refractivity contribution is 6.04. The summed E-state index contributed by atoms with van der Waals surface area (Å²) in [6, 6.07) is 9.29. The SMILES string of the molecule is O=C(NCc1cccnc1)C1CC(c2ccc3c(c2)OCO3)=NO1.